The van der Waals surface area contributed by atoms with Gasteiger partial charge in [0.2, 0.25) is 0 Å². The number of hydrogen-bond donors (Lipinski definition) is 0. The standard InChI is InChI=1S/C16H26N2O2/c1-4-20-16(9-7-13(2)8-10-16)15(19)6-5-14-11-17-18(3)12-14/h11-13H,4-10H2,1-3H3. The Labute approximate surface area is 121 Å². The van der Waals surface area contributed by atoms with Gasteiger partial charge < -0.3 is 4.74 Å². The normalized spacial score (nSPS) is 26.6. The van der Waals surface area contributed by atoms with Crippen molar-refractivity contribution in [2.24, 2.45) is 13.0 Å². The minimum atomic E-state index is -0.510. The minimum absolute atomic E-state index is 0.273. The van der Waals surface area contributed by atoms with Crippen LogP contribution in [-0.2, 0) is 23.0 Å². The van der Waals surface area contributed by atoms with E-state index in [1.54, 1.807) is 4.68 Å². The number of rotatable bonds is 6. The molecule has 1 heterocycles. The number of carbonyl (C=O) groups excluding carboxylic acids is 1. The predicted molar refractivity (Wildman–Crippen MR) is 78.5 cm³/mol. The lowest BCUT2D eigenvalue weighted by molar-refractivity contribution is -0.150. The molecule has 20 heavy (non-hydrogen) atoms. The zero-order valence-corrected chi connectivity index (χ0v) is 12.9. The molecule has 0 aliphatic heterocycles. The molecular weight excluding hydrogens is 252 g/mol. The molecular formula is C16H26N2O2. The monoisotopic (exact) mass is 278 g/mol. The van der Waals surface area contributed by atoms with E-state index in [1.807, 2.05) is 26.4 Å². The van der Waals surface area contributed by atoms with Crippen LogP contribution in [0.3, 0.4) is 0 Å². The van der Waals surface area contributed by atoms with Crippen LogP contribution in [0.2, 0.25) is 0 Å². The zero-order valence-electron chi connectivity index (χ0n) is 12.9. The molecule has 0 N–H and O–H groups in total. The Morgan fingerprint density at radius 2 is 2.20 bits per heavy atom. The van der Waals surface area contributed by atoms with Crippen LogP contribution >= 0.6 is 0 Å². The van der Waals surface area contributed by atoms with Gasteiger partial charge in [0.05, 0.1) is 6.20 Å². The molecule has 4 heteroatoms. The molecule has 0 radical (unpaired) electrons. The summed E-state index contributed by atoms with van der Waals surface area (Å²) in [6.07, 6.45) is 9.09. The second-order valence-corrected chi connectivity index (χ2v) is 6.06. The third kappa shape index (κ3) is 3.48. The smallest absolute Gasteiger partial charge is 0.164 e. The molecule has 0 atom stereocenters. The van der Waals surface area contributed by atoms with E-state index < -0.39 is 5.60 Å². The fourth-order valence-corrected chi connectivity index (χ4v) is 3.10. The molecule has 1 fully saturated rings. The van der Waals surface area contributed by atoms with Crippen LogP contribution in [0.5, 0.6) is 0 Å². The van der Waals surface area contributed by atoms with Gasteiger partial charge in [-0.25, -0.2) is 0 Å². The van der Waals surface area contributed by atoms with E-state index in [2.05, 4.69) is 12.0 Å². The van der Waals surface area contributed by atoms with Gasteiger partial charge in [0, 0.05) is 26.3 Å². The van der Waals surface area contributed by atoms with Crippen LogP contribution in [-0.4, -0.2) is 27.8 Å². The molecule has 0 unspecified atom stereocenters. The number of Topliss-reactive ketones (excluding diaryl/α,β-unsaturated/α-hetero) is 1. The fraction of sp³-hybridized carbons (Fsp3) is 0.750. The maximum atomic E-state index is 12.6. The van der Waals surface area contributed by atoms with Crippen molar-refractivity contribution < 1.29 is 9.53 Å². The Hall–Kier alpha value is -1.16. The Balaban J connectivity index is 1.96. The van der Waals surface area contributed by atoms with Crippen LogP contribution in [0.4, 0.5) is 0 Å². The van der Waals surface area contributed by atoms with E-state index in [0.717, 1.165) is 43.6 Å². The van der Waals surface area contributed by atoms with Crippen molar-refractivity contribution in [3.05, 3.63) is 18.0 Å². The van der Waals surface area contributed by atoms with Crippen LogP contribution in [0.25, 0.3) is 0 Å². The second kappa shape index (κ2) is 6.53. The highest BCUT2D eigenvalue weighted by atomic mass is 16.5. The maximum absolute atomic E-state index is 12.6. The molecule has 4 nitrogen and oxygen atoms in total. The molecule has 1 aromatic rings. The average molecular weight is 278 g/mol. The van der Waals surface area contributed by atoms with Gasteiger partial charge >= 0.3 is 0 Å². The maximum Gasteiger partial charge on any atom is 0.164 e. The molecule has 1 aliphatic rings. The van der Waals surface area contributed by atoms with Gasteiger partial charge in [-0.15, -0.1) is 0 Å². The lowest BCUT2D eigenvalue weighted by Crippen LogP contribution is -2.44. The second-order valence-electron chi connectivity index (χ2n) is 6.06. The van der Waals surface area contributed by atoms with E-state index in [-0.39, 0.29) is 5.78 Å². The number of aromatic nitrogens is 2. The summed E-state index contributed by atoms with van der Waals surface area (Å²) < 4.78 is 7.68. The third-order valence-corrected chi connectivity index (χ3v) is 4.41. The zero-order chi connectivity index (χ0) is 14.6. The first-order valence-corrected chi connectivity index (χ1v) is 7.70. The first-order valence-electron chi connectivity index (χ1n) is 7.70. The molecule has 2 rings (SSSR count). The SMILES string of the molecule is CCOC1(C(=O)CCc2cnn(C)c2)CCC(C)CC1. The van der Waals surface area contributed by atoms with Gasteiger partial charge in [0.1, 0.15) is 5.60 Å². The van der Waals surface area contributed by atoms with Gasteiger partial charge in [-0.1, -0.05) is 6.92 Å². The number of ether oxygens (including phenoxy) is 1. The quantitative estimate of drug-likeness (QED) is 0.803. The summed E-state index contributed by atoms with van der Waals surface area (Å²) in [5.41, 5.74) is 0.611. The van der Waals surface area contributed by atoms with E-state index in [0.29, 0.717) is 13.0 Å². The number of carbonyl (C=O) groups is 1. The van der Waals surface area contributed by atoms with Crippen molar-refractivity contribution in [1.29, 1.82) is 0 Å². The van der Waals surface area contributed by atoms with Crippen LogP contribution in [0.15, 0.2) is 12.4 Å². The van der Waals surface area contributed by atoms with E-state index in [1.165, 1.54) is 0 Å². The highest BCUT2D eigenvalue weighted by Crippen LogP contribution is 2.36. The van der Waals surface area contributed by atoms with Gasteiger partial charge in [0.25, 0.3) is 0 Å². The lowest BCUT2D eigenvalue weighted by Gasteiger charge is -2.37. The molecule has 0 saturated heterocycles. The summed E-state index contributed by atoms with van der Waals surface area (Å²) in [7, 11) is 1.90. The van der Waals surface area contributed by atoms with E-state index in [4.69, 9.17) is 4.74 Å². The van der Waals surface area contributed by atoms with Gasteiger partial charge in [0.15, 0.2) is 5.78 Å². The summed E-state index contributed by atoms with van der Waals surface area (Å²) in [6, 6.07) is 0. The van der Waals surface area contributed by atoms with Crippen LogP contribution in [0.1, 0.15) is 51.5 Å². The van der Waals surface area contributed by atoms with Crippen molar-refractivity contribution >= 4 is 5.78 Å². The minimum Gasteiger partial charge on any atom is -0.368 e. The molecule has 1 saturated carbocycles. The van der Waals surface area contributed by atoms with Crippen molar-refractivity contribution in [3.63, 3.8) is 0 Å². The molecule has 1 aromatic heterocycles. The highest BCUT2D eigenvalue weighted by molar-refractivity contribution is 5.87. The summed E-state index contributed by atoms with van der Waals surface area (Å²) in [4.78, 5) is 12.6. The predicted octanol–water partition coefficient (Wildman–Crippen LogP) is 2.91. The van der Waals surface area contributed by atoms with Crippen LogP contribution in [0, 0.1) is 5.92 Å². The number of hydrogen-bond acceptors (Lipinski definition) is 3. The van der Waals surface area contributed by atoms with Gasteiger partial charge in [-0.2, -0.15) is 5.10 Å². The molecule has 0 spiro atoms. The summed E-state index contributed by atoms with van der Waals surface area (Å²) in [5, 5.41) is 4.14. The third-order valence-electron chi connectivity index (χ3n) is 4.41. The number of aryl methyl sites for hydroxylation is 2. The molecule has 1 aliphatic carbocycles. The average Bonchev–Trinajstić information content (AvgIpc) is 2.85. The molecule has 0 amide bonds. The Kier molecular flexibility index (Phi) is 4.97. The van der Waals surface area contributed by atoms with Gasteiger partial charge in [-0.05, 0) is 50.5 Å². The Morgan fingerprint density at radius 1 is 1.50 bits per heavy atom. The number of nitrogens with zero attached hydrogens (tertiary/aromatic N) is 2. The Bertz CT molecular complexity index is 445. The number of ketones is 1. The van der Waals surface area contributed by atoms with Gasteiger partial charge in [-0.3, -0.25) is 9.48 Å². The fourth-order valence-electron chi connectivity index (χ4n) is 3.10. The molecule has 0 aromatic carbocycles. The largest absolute Gasteiger partial charge is 0.368 e. The summed E-state index contributed by atoms with van der Waals surface area (Å²) >= 11 is 0. The lowest BCUT2D eigenvalue weighted by atomic mass is 9.76. The van der Waals surface area contributed by atoms with Crippen molar-refractivity contribution in [3.8, 4) is 0 Å². The molecule has 112 valence electrons. The molecule has 0 bridgehead atoms. The van der Waals surface area contributed by atoms with Crippen LogP contribution < -0.4 is 0 Å². The van der Waals surface area contributed by atoms with E-state index in [9.17, 15) is 4.79 Å². The summed E-state index contributed by atoms with van der Waals surface area (Å²) in [5.74, 6) is 0.991. The first-order chi connectivity index (χ1) is 9.55. The Morgan fingerprint density at radius 3 is 2.75 bits per heavy atom. The van der Waals surface area contributed by atoms with E-state index >= 15 is 0 Å². The van der Waals surface area contributed by atoms with Crippen molar-refractivity contribution in [1.82, 2.24) is 9.78 Å². The topological polar surface area (TPSA) is 44.1 Å². The first kappa shape index (κ1) is 15.2. The highest BCUT2D eigenvalue weighted by Gasteiger charge is 2.40. The van der Waals surface area contributed by atoms with Crippen molar-refractivity contribution in [2.45, 2.75) is 58.0 Å². The van der Waals surface area contributed by atoms with Crippen molar-refractivity contribution in [2.75, 3.05) is 6.61 Å². The summed E-state index contributed by atoms with van der Waals surface area (Å²) in [6.45, 7) is 4.86.